The second kappa shape index (κ2) is 29.3. The SMILES string of the molecule is O=[N+]([O-])[O-].O=[N+]([O-])[O-].O=[N+]([O-])[O-].O=[N+]([O-])[O-].[Cu+2].[SH4+2]. The van der Waals surface area contributed by atoms with E-state index in [9.17, 15) is 0 Å². The van der Waals surface area contributed by atoms with Crippen LogP contribution in [0.3, 0.4) is 0 Å². The molecule has 0 N–H and O–H groups in total. The van der Waals surface area contributed by atoms with Gasteiger partial charge in [0.15, 0.2) is 0 Å². The monoisotopic (exact) mass is 347 g/mol. The molecule has 113 valence electrons. The third-order valence-electron chi connectivity index (χ3n) is 0. The molecule has 0 aliphatic rings. The third-order valence-corrected chi connectivity index (χ3v) is 0. The molecule has 0 heterocycles. The van der Waals surface area contributed by atoms with E-state index in [4.69, 9.17) is 61.3 Å². The van der Waals surface area contributed by atoms with Crippen LogP contribution in [0.1, 0.15) is 0 Å². The van der Waals surface area contributed by atoms with E-state index in [1.54, 1.807) is 0 Å². The van der Waals surface area contributed by atoms with Crippen LogP contribution < -0.4 is 0 Å². The molecular weight excluding hydrogens is 344 g/mol. The summed E-state index contributed by atoms with van der Waals surface area (Å²) in [5.74, 6) is 0. The first kappa shape index (κ1) is 36.1. The summed E-state index contributed by atoms with van der Waals surface area (Å²) >= 11 is 0. The molecule has 0 spiro atoms. The van der Waals surface area contributed by atoms with Crippen molar-refractivity contribution in [3.8, 4) is 0 Å². The molecule has 0 amide bonds. The Labute approximate surface area is 113 Å². The summed E-state index contributed by atoms with van der Waals surface area (Å²) in [6.07, 6.45) is 0. The van der Waals surface area contributed by atoms with Crippen LogP contribution in [0.4, 0.5) is 0 Å². The molecule has 0 atom stereocenters. The maximum Gasteiger partial charge on any atom is 2.00 e. The van der Waals surface area contributed by atoms with Gasteiger partial charge in [-0.05, 0) is 0 Å². The number of hydrogen-bond donors (Lipinski definition) is 0. The summed E-state index contributed by atoms with van der Waals surface area (Å²) in [5.41, 5.74) is 0. The van der Waals surface area contributed by atoms with E-state index in [0.717, 1.165) is 0 Å². The first-order chi connectivity index (χ1) is 6.93. The van der Waals surface area contributed by atoms with Crippen molar-refractivity contribution in [1.29, 1.82) is 0 Å². The van der Waals surface area contributed by atoms with Crippen LogP contribution in [-0.4, -0.2) is 20.3 Å². The molecule has 0 saturated carbocycles. The van der Waals surface area contributed by atoms with Gasteiger partial charge < -0.3 is 61.3 Å². The fraction of sp³-hybridized carbons (Fsp3) is 0. The van der Waals surface area contributed by atoms with E-state index in [1.807, 2.05) is 0 Å². The Balaban J connectivity index is -0.0000000257. The van der Waals surface area contributed by atoms with Gasteiger partial charge in [0.05, 0.1) is 20.3 Å². The van der Waals surface area contributed by atoms with E-state index in [1.165, 1.54) is 0 Å². The fourth-order valence-electron chi connectivity index (χ4n) is 0. The smallest absolute Gasteiger partial charge is 0.356 e. The molecule has 0 aromatic heterocycles. The van der Waals surface area contributed by atoms with Crippen molar-refractivity contribution in [3.63, 3.8) is 0 Å². The zero-order valence-corrected chi connectivity index (χ0v) is 10.1. The standard InChI is InChI=1S/Cu.4NO3.H4S/c;4*2-1(3)4;/h;;;;;1H4/q+2;4*-1;+2. The van der Waals surface area contributed by atoms with Crippen LogP contribution in [0.5, 0.6) is 0 Å². The molecule has 18 heavy (non-hydrogen) atoms. The number of hydrogen-bond acceptors (Lipinski definition) is 12. The Hall–Kier alpha value is -2.33. The van der Waals surface area contributed by atoms with Crippen molar-refractivity contribution in [2.24, 2.45) is 0 Å². The Morgan fingerprint density at radius 3 is 0.444 bits per heavy atom. The van der Waals surface area contributed by atoms with Crippen molar-refractivity contribution < 1.29 is 37.4 Å². The molecule has 0 rings (SSSR count). The Kier molecular flexibility index (Phi) is 58.7. The van der Waals surface area contributed by atoms with Crippen LogP contribution in [-0.2, 0) is 30.6 Å². The van der Waals surface area contributed by atoms with Gasteiger partial charge in [0.2, 0.25) is 0 Å². The zero-order chi connectivity index (χ0) is 14.3. The predicted octanol–water partition coefficient (Wildman–Crippen LogP) is -2.03. The Morgan fingerprint density at radius 1 is 0.444 bits per heavy atom. The van der Waals surface area contributed by atoms with Gasteiger partial charge in [0.1, 0.15) is 0 Å². The van der Waals surface area contributed by atoms with Crippen LogP contribution >= 0.6 is 0 Å². The largest absolute Gasteiger partial charge is 2.00 e. The minimum Gasteiger partial charge on any atom is -0.356 e. The topological polar surface area (TPSA) is 265 Å². The molecule has 0 fully saturated rings. The van der Waals surface area contributed by atoms with E-state index < -0.39 is 20.3 Å². The second-order valence-corrected chi connectivity index (χ2v) is 0.894. The molecule has 18 heteroatoms. The van der Waals surface area contributed by atoms with Gasteiger partial charge in [-0.25, -0.2) is 13.5 Å². The van der Waals surface area contributed by atoms with Crippen molar-refractivity contribution in [2.75, 3.05) is 0 Å². The molecule has 0 unspecified atom stereocenters. The van der Waals surface area contributed by atoms with Crippen LogP contribution in [0.25, 0.3) is 0 Å². The van der Waals surface area contributed by atoms with E-state index in [-0.39, 0.29) is 30.6 Å². The summed E-state index contributed by atoms with van der Waals surface area (Å²) in [6.45, 7) is 0. The summed E-state index contributed by atoms with van der Waals surface area (Å²) in [4.78, 5) is 33.0. The normalized spacial score (nSPS) is 5.33. The molecule has 0 bridgehead atoms. The average Bonchev–Trinajstić information content (AvgIpc) is 1.76. The first-order valence-corrected chi connectivity index (χ1v) is 2.19. The molecule has 0 aliphatic heterocycles. The van der Waals surface area contributed by atoms with Crippen LogP contribution in [0.15, 0.2) is 0 Å². The van der Waals surface area contributed by atoms with Gasteiger partial charge in [0, 0.05) is 0 Å². The van der Waals surface area contributed by atoms with Gasteiger partial charge in [-0.1, -0.05) is 0 Å². The quantitative estimate of drug-likeness (QED) is 0.260. The molecule has 0 aromatic rings. The van der Waals surface area contributed by atoms with E-state index >= 15 is 0 Å². The van der Waals surface area contributed by atoms with Crippen LogP contribution in [0.2, 0.25) is 0 Å². The minimum atomic E-state index is -1.75. The van der Waals surface area contributed by atoms with Gasteiger partial charge in [0.25, 0.3) is 0 Å². The van der Waals surface area contributed by atoms with Crippen LogP contribution in [0, 0.1) is 61.3 Å². The van der Waals surface area contributed by atoms with Crippen molar-refractivity contribution in [2.45, 2.75) is 0 Å². The molecule has 0 aromatic carbocycles. The Morgan fingerprint density at radius 2 is 0.444 bits per heavy atom. The number of rotatable bonds is 0. The van der Waals surface area contributed by atoms with Gasteiger partial charge >= 0.3 is 17.1 Å². The van der Waals surface area contributed by atoms with Gasteiger partial charge in [-0.15, -0.1) is 0 Å². The zero-order valence-electron chi connectivity index (χ0n) is 7.70. The molecule has 0 saturated heterocycles. The molecular formula is H4CuN4O12S. The number of nitrogens with zero attached hydrogens (tertiary/aromatic N) is 4. The summed E-state index contributed by atoms with van der Waals surface area (Å²) in [7, 11) is 0. The van der Waals surface area contributed by atoms with E-state index in [0.29, 0.717) is 0 Å². The third kappa shape index (κ3) is 404. The fourth-order valence-corrected chi connectivity index (χ4v) is 0. The predicted molar refractivity (Wildman–Crippen MR) is 54.4 cm³/mol. The minimum absolute atomic E-state index is 0. The Bertz CT molecular complexity index is 164. The van der Waals surface area contributed by atoms with Crippen molar-refractivity contribution >= 4 is 13.5 Å². The second-order valence-electron chi connectivity index (χ2n) is 0.894. The maximum absolute atomic E-state index is 8.25. The van der Waals surface area contributed by atoms with Crippen molar-refractivity contribution in [1.82, 2.24) is 0 Å². The molecule has 1 radical (unpaired) electrons. The van der Waals surface area contributed by atoms with Gasteiger partial charge in [-0.2, -0.15) is 0 Å². The summed E-state index contributed by atoms with van der Waals surface area (Å²) in [5, 5.41) is 59.0. The average molecular weight is 348 g/mol. The van der Waals surface area contributed by atoms with Gasteiger partial charge in [-0.3, -0.25) is 0 Å². The molecule has 16 nitrogen and oxygen atoms in total. The maximum atomic E-state index is 8.25. The van der Waals surface area contributed by atoms with Crippen molar-refractivity contribution in [3.05, 3.63) is 61.3 Å². The summed E-state index contributed by atoms with van der Waals surface area (Å²) in [6, 6.07) is 0. The molecule has 0 aliphatic carbocycles. The van der Waals surface area contributed by atoms with E-state index in [2.05, 4.69) is 0 Å². The first-order valence-electron chi connectivity index (χ1n) is 2.19. The summed E-state index contributed by atoms with van der Waals surface area (Å²) < 4.78 is 0.